The Morgan fingerprint density at radius 2 is 1.85 bits per heavy atom. The van der Waals surface area contributed by atoms with Crippen LogP contribution in [0.3, 0.4) is 0 Å². The maximum atomic E-state index is 5.80. The van der Waals surface area contributed by atoms with E-state index in [2.05, 4.69) is 18.7 Å². The average molecular weight is 182 g/mol. The van der Waals surface area contributed by atoms with Crippen LogP contribution in [0.15, 0.2) is 0 Å². The molecule has 2 N–H and O–H groups in total. The van der Waals surface area contributed by atoms with Gasteiger partial charge in [-0.05, 0) is 30.6 Å². The van der Waals surface area contributed by atoms with Crippen molar-refractivity contribution < 1.29 is 0 Å². The zero-order chi connectivity index (χ0) is 9.42. The molecule has 13 heavy (non-hydrogen) atoms. The van der Waals surface area contributed by atoms with Crippen LogP contribution < -0.4 is 5.73 Å². The van der Waals surface area contributed by atoms with Crippen LogP contribution in [0.1, 0.15) is 26.7 Å². The predicted molar refractivity (Wildman–Crippen MR) is 55.5 cm³/mol. The van der Waals surface area contributed by atoms with Crippen LogP contribution in [0.2, 0.25) is 0 Å². The third-order valence-electron chi connectivity index (χ3n) is 3.76. The molecule has 2 rings (SSSR count). The molecular weight excluding hydrogens is 160 g/mol. The summed E-state index contributed by atoms with van der Waals surface area (Å²) in [4.78, 5) is 2.60. The Kier molecular flexibility index (Phi) is 2.61. The second kappa shape index (κ2) is 3.58. The van der Waals surface area contributed by atoms with Gasteiger partial charge in [0.25, 0.3) is 0 Å². The lowest BCUT2D eigenvalue weighted by Gasteiger charge is -2.46. The molecule has 2 fully saturated rings. The van der Waals surface area contributed by atoms with Crippen molar-refractivity contribution in [3.05, 3.63) is 0 Å². The molecule has 1 heterocycles. The third kappa shape index (κ3) is 1.89. The lowest BCUT2D eigenvalue weighted by molar-refractivity contribution is 0.0225. The summed E-state index contributed by atoms with van der Waals surface area (Å²) in [7, 11) is 0. The van der Waals surface area contributed by atoms with Gasteiger partial charge in [0.15, 0.2) is 0 Å². The summed E-state index contributed by atoms with van der Waals surface area (Å²) in [6, 6.07) is 0.718. The van der Waals surface area contributed by atoms with E-state index in [4.69, 9.17) is 5.73 Å². The Morgan fingerprint density at radius 1 is 1.23 bits per heavy atom. The molecule has 1 saturated carbocycles. The highest BCUT2D eigenvalue weighted by Crippen LogP contribution is 2.38. The van der Waals surface area contributed by atoms with Gasteiger partial charge in [-0.2, -0.15) is 0 Å². The highest BCUT2D eigenvalue weighted by molar-refractivity contribution is 4.94. The SMILES string of the molecule is CC(C)C1CN(C(CN)C2CC2)C1. The van der Waals surface area contributed by atoms with Crippen molar-refractivity contribution in [3.63, 3.8) is 0 Å². The fraction of sp³-hybridized carbons (Fsp3) is 1.00. The molecule has 1 atom stereocenters. The maximum Gasteiger partial charge on any atom is 0.0246 e. The van der Waals surface area contributed by atoms with Gasteiger partial charge in [0.2, 0.25) is 0 Å². The summed E-state index contributed by atoms with van der Waals surface area (Å²) in [5.41, 5.74) is 5.80. The van der Waals surface area contributed by atoms with Gasteiger partial charge < -0.3 is 5.73 Å². The average Bonchev–Trinajstić information content (AvgIpc) is 2.76. The van der Waals surface area contributed by atoms with E-state index in [9.17, 15) is 0 Å². The second-order valence-corrected chi connectivity index (χ2v) is 5.10. The van der Waals surface area contributed by atoms with Crippen molar-refractivity contribution in [1.29, 1.82) is 0 Å². The van der Waals surface area contributed by atoms with Crippen LogP contribution in [0.25, 0.3) is 0 Å². The Bertz CT molecular complexity index is 169. The monoisotopic (exact) mass is 182 g/mol. The Hall–Kier alpha value is -0.0800. The van der Waals surface area contributed by atoms with Crippen molar-refractivity contribution in [2.75, 3.05) is 19.6 Å². The molecule has 76 valence electrons. The first-order valence-electron chi connectivity index (χ1n) is 5.66. The third-order valence-corrected chi connectivity index (χ3v) is 3.76. The Balaban J connectivity index is 1.77. The van der Waals surface area contributed by atoms with Crippen molar-refractivity contribution in [3.8, 4) is 0 Å². The van der Waals surface area contributed by atoms with Crippen molar-refractivity contribution in [1.82, 2.24) is 4.90 Å². The number of hydrogen-bond donors (Lipinski definition) is 1. The van der Waals surface area contributed by atoms with Crippen LogP contribution >= 0.6 is 0 Å². The topological polar surface area (TPSA) is 29.3 Å². The molecule has 2 aliphatic rings. The van der Waals surface area contributed by atoms with Crippen LogP contribution in [0.5, 0.6) is 0 Å². The summed E-state index contributed by atoms with van der Waals surface area (Å²) in [5, 5.41) is 0. The minimum absolute atomic E-state index is 0.718. The summed E-state index contributed by atoms with van der Waals surface area (Å²) < 4.78 is 0. The molecule has 1 unspecified atom stereocenters. The van der Waals surface area contributed by atoms with E-state index in [1.807, 2.05) is 0 Å². The molecule has 0 aromatic carbocycles. The van der Waals surface area contributed by atoms with E-state index in [1.165, 1.54) is 25.9 Å². The van der Waals surface area contributed by atoms with Crippen LogP contribution in [0.4, 0.5) is 0 Å². The van der Waals surface area contributed by atoms with Crippen molar-refractivity contribution >= 4 is 0 Å². The van der Waals surface area contributed by atoms with Gasteiger partial charge in [0, 0.05) is 25.7 Å². The largest absolute Gasteiger partial charge is 0.329 e. The zero-order valence-corrected chi connectivity index (χ0v) is 8.87. The van der Waals surface area contributed by atoms with Crippen LogP contribution in [-0.2, 0) is 0 Å². The number of hydrogen-bond acceptors (Lipinski definition) is 2. The van der Waals surface area contributed by atoms with Gasteiger partial charge in [-0.1, -0.05) is 13.8 Å². The van der Waals surface area contributed by atoms with E-state index in [0.29, 0.717) is 0 Å². The summed E-state index contributed by atoms with van der Waals surface area (Å²) in [6.45, 7) is 8.13. The molecule has 2 heteroatoms. The summed E-state index contributed by atoms with van der Waals surface area (Å²) in [5.74, 6) is 2.74. The standard InChI is InChI=1S/C11H22N2/c1-8(2)10-6-13(7-10)11(5-12)9-3-4-9/h8-11H,3-7,12H2,1-2H3. The molecule has 1 aliphatic carbocycles. The van der Waals surface area contributed by atoms with Crippen LogP contribution in [-0.4, -0.2) is 30.6 Å². The van der Waals surface area contributed by atoms with E-state index < -0.39 is 0 Å². The van der Waals surface area contributed by atoms with E-state index in [-0.39, 0.29) is 0 Å². The van der Waals surface area contributed by atoms with Gasteiger partial charge in [0.1, 0.15) is 0 Å². The van der Waals surface area contributed by atoms with E-state index in [0.717, 1.165) is 30.3 Å². The van der Waals surface area contributed by atoms with Gasteiger partial charge in [-0.3, -0.25) is 4.90 Å². The van der Waals surface area contributed by atoms with Gasteiger partial charge in [-0.25, -0.2) is 0 Å². The molecule has 0 aromatic heterocycles. The van der Waals surface area contributed by atoms with Crippen LogP contribution in [0, 0.1) is 17.8 Å². The Morgan fingerprint density at radius 3 is 2.23 bits per heavy atom. The highest BCUT2D eigenvalue weighted by Gasteiger charge is 2.40. The minimum Gasteiger partial charge on any atom is -0.329 e. The quantitative estimate of drug-likeness (QED) is 0.710. The molecule has 1 aliphatic heterocycles. The smallest absolute Gasteiger partial charge is 0.0246 e. The fourth-order valence-electron chi connectivity index (χ4n) is 2.36. The normalized spacial score (nSPS) is 27.7. The fourth-order valence-corrected chi connectivity index (χ4v) is 2.36. The molecule has 0 bridgehead atoms. The van der Waals surface area contributed by atoms with Gasteiger partial charge in [-0.15, -0.1) is 0 Å². The van der Waals surface area contributed by atoms with E-state index >= 15 is 0 Å². The van der Waals surface area contributed by atoms with Gasteiger partial charge >= 0.3 is 0 Å². The van der Waals surface area contributed by atoms with Crippen molar-refractivity contribution in [2.45, 2.75) is 32.7 Å². The first-order valence-corrected chi connectivity index (χ1v) is 5.66. The number of nitrogens with two attached hydrogens (primary N) is 1. The van der Waals surface area contributed by atoms with Crippen molar-refractivity contribution in [2.24, 2.45) is 23.5 Å². The first kappa shape index (κ1) is 9.47. The van der Waals surface area contributed by atoms with Gasteiger partial charge in [0.05, 0.1) is 0 Å². The maximum absolute atomic E-state index is 5.80. The second-order valence-electron chi connectivity index (χ2n) is 5.10. The Labute approximate surface area is 81.5 Å². The molecule has 1 saturated heterocycles. The molecule has 0 aromatic rings. The lowest BCUT2D eigenvalue weighted by atomic mass is 9.86. The number of rotatable bonds is 4. The number of likely N-dealkylation sites (tertiary alicyclic amines) is 1. The highest BCUT2D eigenvalue weighted by atomic mass is 15.2. The molecule has 0 spiro atoms. The minimum atomic E-state index is 0.718. The predicted octanol–water partition coefficient (Wildman–Crippen LogP) is 1.31. The van der Waals surface area contributed by atoms with E-state index in [1.54, 1.807) is 0 Å². The summed E-state index contributed by atoms with van der Waals surface area (Å²) in [6.07, 6.45) is 2.84. The first-order chi connectivity index (χ1) is 6.22. The molecule has 0 amide bonds. The molecule has 0 radical (unpaired) electrons. The number of nitrogens with zero attached hydrogens (tertiary/aromatic N) is 1. The molecule has 2 nitrogen and oxygen atoms in total. The lowest BCUT2D eigenvalue weighted by Crippen LogP contribution is -2.56. The summed E-state index contributed by atoms with van der Waals surface area (Å²) >= 11 is 0. The molecular formula is C11H22N2. The zero-order valence-electron chi connectivity index (χ0n) is 8.87.